The van der Waals surface area contributed by atoms with Gasteiger partial charge in [-0.3, -0.25) is 0 Å². The van der Waals surface area contributed by atoms with Crippen molar-refractivity contribution in [1.82, 2.24) is 9.97 Å². The van der Waals surface area contributed by atoms with E-state index in [-0.39, 0.29) is 0 Å². The average molecular weight is 259 g/mol. The number of nitrogens with zero attached hydrogens (tertiary/aromatic N) is 4. The summed E-state index contributed by atoms with van der Waals surface area (Å²) in [5.74, 6) is 2.54. The predicted molar refractivity (Wildman–Crippen MR) is 76.1 cm³/mol. The molecule has 0 radical (unpaired) electrons. The highest BCUT2D eigenvalue weighted by Crippen LogP contribution is 2.26. The molecule has 102 valence electrons. The lowest BCUT2D eigenvalue weighted by molar-refractivity contribution is 0.644. The maximum Gasteiger partial charge on any atom is 0.134 e. The van der Waals surface area contributed by atoms with E-state index in [9.17, 15) is 0 Å². The van der Waals surface area contributed by atoms with Crippen molar-refractivity contribution in [3.8, 4) is 6.07 Å². The van der Waals surface area contributed by atoms with Crippen LogP contribution in [0.2, 0.25) is 0 Å². The van der Waals surface area contributed by atoms with E-state index in [2.05, 4.69) is 33.3 Å². The largest absolute Gasteiger partial charge is 0.369 e. The molecular weight excluding hydrogens is 238 g/mol. The van der Waals surface area contributed by atoms with Crippen molar-refractivity contribution >= 4 is 11.6 Å². The molecule has 5 heteroatoms. The first-order chi connectivity index (χ1) is 9.20. The molecular formula is C14H21N5. The minimum absolute atomic E-state index is 0.483. The number of nitrogens with one attached hydrogen (secondary N) is 1. The van der Waals surface area contributed by atoms with Crippen LogP contribution in [0.4, 0.5) is 11.6 Å². The predicted octanol–water partition coefficient (Wildman–Crippen LogP) is 2.49. The van der Waals surface area contributed by atoms with Crippen LogP contribution in [-0.4, -0.2) is 29.6 Å². The number of aromatic nitrogens is 2. The van der Waals surface area contributed by atoms with Crippen molar-refractivity contribution in [3.05, 3.63) is 11.9 Å². The maximum absolute atomic E-state index is 8.55. The number of rotatable bonds is 5. The van der Waals surface area contributed by atoms with E-state index in [4.69, 9.17) is 5.26 Å². The highest BCUT2D eigenvalue weighted by Gasteiger charge is 2.21. The van der Waals surface area contributed by atoms with E-state index < -0.39 is 0 Å². The molecule has 1 aliphatic rings. The van der Waals surface area contributed by atoms with Crippen LogP contribution < -0.4 is 10.2 Å². The molecule has 0 bridgehead atoms. The SMILES string of the molecule is Cc1nc(NCCC#N)cc(N(C)C2CCCC2)n1. The van der Waals surface area contributed by atoms with E-state index in [1.807, 2.05) is 13.0 Å². The number of anilines is 2. The third kappa shape index (κ3) is 3.57. The Morgan fingerprint density at radius 2 is 2.16 bits per heavy atom. The zero-order valence-corrected chi connectivity index (χ0v) is 11.7. The van der Waals surface area contributed by atoms with Gasteiger partial charge in [0.2, 0.25) is 0 Å². The molecule has 1 aliphatic carbocycles. The van der Waals surface area contributed by atoms with Crippen molar-refractivity contribution < 1.29 is 0 Å². The molecule has 0 unspecified atom stereocenters. The molecule has 0 saturated heterocycles. The lowest BCUT2D eigenvalue weighted by Crippen LogP contribution is -2.30. The Morgan fingerprint density at radius 3 is 2.84 bits per heavy atom. The summed E-state index contributed by atoms with van der Waals surface area (Å²) in [6, 6.07) is 4.69. The molecule has 0 spiro atoms. The van der Waals surface area contributed by atoms with Crippen LogP contribution in [0.15, 0.2) is 6.07 Å². The molecule has 2 rings (SSSR count). The van der Waals surface area contributed by atoms with Crippen molar-refractivity contribution in [2.24, 2.45) is 0 Å². The Morgan fingerprint density at radius 1 is 1.42 bits per heavy atom. The van der Waals surface area contributed by atoms with E-state index in [0.29, 0.717) is 19.0 Å². The zero-order valence-electron chi connectivity index (χ0n) is 11.7. The lowest BCUT2D eigenvalue weighted by atomic mass is 10.2. The second kappa shape index (κ2) is 6.37. The Bertz CT molecular complexity index is 459. The highest BCUT2D eigenvalue weighted by atomic mass is 15.2. The molecule has 1 N–H and O–H groups in total. The Kier molecular flexibility index (Phi) is 4.56. The summed E-state index contributed by atoms with van der Waals surface area (Å²) in [4.78, 5) is 11.1. The first kappa shape index (κ1) is 13.6. The second-order valence-electron chi connectivity index (χ2n) is 5.04. The number of hydrogen-bond acceptors (Lipinski definition) is 5. The molecule has 5 nitrogen and oxygen atoms in total. The molecule has 1 fully saturated rings. The first-order valence-electron chi connectivity index (χ1n) is 6.90. The second-order valence-corrected chi connectivity index (χ2v) is 5.04. The minimum Gasteiger partial charge on any atom is -0.369 e. The highest BCUT2D eigenvalue weighted by molar-refractivity contribution is 5.49. The summed E-state index contributed by atoms with van der Waals surface area (Å²) in [5, 5.41) is 11.7. The summed E-state index contributed by atoms with van der Waals surface area (Å²) in [6.07, 6.45) is 5.60. The van der Waals surface area contributed by atoms with Crippen LogP contribution >= 0.6 is 0 Å². The van der Waals surface area contributed by atoms with Gasteiger partial charge >= 0.3 is 0 Å². The molecule has 19 heavy (non-hydrogen) atoms. The third-order valence-electron chi connectivity index (χ3n) is 3.60. The van der Waals surface area contributed by atoms with Crippen LogP contribution in [0.3, 0.4) is 0 Å². The smallest absolute Gasteiger partial charge is 0.134 e. The molecule has 1 heterocycles. The topological polar surface area (TPSA) is 64.8 Å². The molecule has 1 saturated carbocycles. The van der Waals surface area contributed by atoms with E-state index in [0.717, 1.165) is 17.5 Å². The Balaban J connectivity index is 2.09. The van der Waals surface area contributed by atoms with Gasteiger partial charge in [0.15, 0.2) is 0 Å². The monoisotopic (exact) mass is 259 g/mol. The van der Waals surface area contributed by atoms with Gasteiger partial charge in [-0.15, -0.1) is 0 Å². The van der Waals surface area contributed by atoms with Crippen LogP contribution in [0.25, 0.3) is 0 Å². The summed E-state index contributed by atoms with van der Waals surface area (Å²) >= 11 is 0. The lowest BCUT2D eigenvalue weighted by Gasteiger charge is -2.25. The first-order valence-corrected chi connectivity index (χ1v) is 6.90. The van der Waals surface area contributed by atoms with E-state index in [1.54, 1.807) is 0 Å². The van der Waals surface area contributed by atoms with Crippen molar-refractivity contribution in [1.29, 1.82) is 5.26 Å². The van der Waals surface area contributed by atoms with E-state index >= 15 is 0 Å². The molecule has 0 amide bonds. The quantitative estimate of drug-likeness (QED) is 0.823. The van der Waals surface area contributed by atoms with Crippen molar-refractivity contribution in [2.45, 2.75) is 45.1 Å². The molecule has 0 aromatic carbocycles. The van der Waals surface area contributed by atoms with Gasteiger partial charge < -0.3 is 10.2 Å². The number of nitriles is 1. The van der Waals surface area contributed by atoms with Crippen molar-refractivity contribution in [2.75, 3.05) is 23.8 Å². The number of hydrogen-bond donors (Lipinski definition) is 1. The van der Waals surface area contributed by atoms with E-state index in [1.165, 1.54) is 25.7 Å². The summed E-state index contributed by atoms with van der Waals surface area (Å²) in [6.45, 7) is 2.53. The number of aryl methyl sites for hydroxylation is 1. The Hall–Kier alpha value is -1.83. The fourth-order valence-corrected chi connectivity index (χ4v) is 2.55. The standard InChI is InChI=1S/C14H21N5/c1-11-17-13(16-9-5-8-15)10-14(18-11)19(2)12-6-3-4-7-12/h10,12H,3-7,9H2,1-2H3,(H,16,17,18). The van der Waals surface area contributed by atoms with Gasteiger partial charge in [0.1, 0.15) is 17.5 Å². The van der Waals surface area contributed by atoms with Crippen LogP contribution in [0.5, 0.6) is 0 Å². The molecule has 0 aliphatic heterocycles. The van der Waals surface area contributed by atoms with Crippen molar-refractivity contribution in [3.63, 3.8) is 0 Å². The van der Waals surface area contributed by atoms with Gasteiger partial charge in [-0.05, 0) is 19.8 Å². The molecule has 1 aromatic heterocycles. The minimum atomic E-state index is 0.483. The molecule has 0 atom stereocenters. The fourth-order valence-electron chi connectivity index (χ4n) is 2.55. The summed E-state index contributed by atoms with van der Waals surface area (Å²) < 4.78 is 0. The molecule has 1 aromatic rings. The average Bonchev–Trinajstić information content (AvgIpc) is 2.91. The zero-order chi connectivity index (χ0) is 13.7. The van der Waals surface area contributed by atoms with Gasteiger partial charge in [0.05, 0.1) is 12.5 Å². The summed E-state index contributed by atoms with van der Waals surface area (Å²) in [5.41, 5.74) is 0. The van der Waals surface area contributed by atoms with Crippen LogP contribution in [-0.2, 0) is 0 Å². The third-order valence-corrected chi connectivity index (χ3v) is 3.60. The van der Waals surface area contributed by atoms with Gasteiger partial charge in [-0.25, -0.2) is 9.97 Å². The van der Waals surface area contributed by atoms with Crippen LogP contribution in [0, 0.1) is 18.3 Å². The van der Waals surface area contributed by atoms with Gasteiger partial charge in [-0.1, -0.05) is 12.8 Å². The maximum atomic E-state index is 8.55. The summed E-state index contributed by atoms with van der Waals surface area (Å²) in [7, 11) is 2.11. The fraction of sp³-hybridized carbons (Fsp3) is 0.643. The van der Waals surface area contributed by atoms with Gasteiger partial charge in [0.25, 0.3) is 0 Å². The van der Waals surface area contributed by atoms with Crippen LogP contribution in [0.1, 0.15) is 37.9 Å². The van der Waals surface area contributed by atoms with Gasteiger partial charge in [-0.2, -0.15) is 5.26 Å². The Labute approximate surface area is 114 Å². The van der Waals surface area contributed by atoms with Gasteiger partial charge in [0, 0.05) is 25.7 Å². The normalized spacial score (nSPS) is 15.2.